The number of carbonyl (C=O) groups excluding carboxylic acids is 2. The zero-order valence-corrected chi connectivity index (χ0v) is 18.9. The standard InChI is InChI=1S/C20H24ClN5O4S/c1-22-31(29,30)20(8-9-20)12-26-10-7-15-16(24-25(2)17(15)19(26)28)18(27)23-11-13-3-5-14(21)6-4-13/h3-6,22H,7-12H2,1-2H3,(H,23,27). The maximum absolute atomic E-state index is 13.1. The first-order valence-corrected chi connectivity index (χ1v) is 11.8. The van der Waals surface area contributed by atoms with Crippen LogP contribution in [-0.4, -0.2) is 59.8 Å². The molecule has 166 valence electrons. The number of aryl methyl sites for hydroxylation is 1. The summed E-state index contributed by atoms with van der Waals surface area (Å²) in [6, 6.07) is 7.15. The Morgan fingerprint density at radius 1 is 1.26 bits per heavy atom. The Hall–Kier alpha value is -2.43. The third kappa shape index (κ3) is 3.95. The van der Waals surface area contributed by atoms with Crippen LogP contribution in [0.4, 0.5) is 0 Å². The van der Waals surface area contributed by atoms with Crippen molar-refractivity contribution in [3.05, 3.63) is 51.8 Å². The summed E-state index contributed by atoms with van der Waals surface area (Å²) in [4.78, 5) is 27.4. The molecule has 0 spiro atoms. The van der Waals surface area contributed by atoms with Crippen LogP contribution in [0.1, 0.15) is 44.9 Å². The molecule has 4 rings (SSSR count). The molecule has 11 heteroatoms. The smallest absolute Gasteiger partial charge is 0.272 e. The van der Waals surface area contributed by atoms with Crippen molar-refractivity contribution >= 4 is 33.4 Å². The summed E-state index contributed by atoms with van der Waals surface area (Å²) in [6.07, 6.45) is 1.49. The Morgan fingerprint density at radius 2 is 1.94 bits per heavy atom. The number of halogens is 1. The second kappa shape index (κ2) is 7.92. The van der Waals surface area contributed by atoms with E-state index in [-0.39, 0.29) is 24.1 Å². The van der Waals surface area contributed by atoms with Crippen LogP contribution in [0.15, 0.2) is 24.3 Å². The number of hydrogen-bond donors (Lipinski definition) is 2. The van der Waals surface area contributed by atoms with Crippen LogP contribution in [0, 0.1) is 0 Å². The van der Waals surface area contributed by atoms with Gasteiger partial charge in [-0.05, 0) is 44.0 Å². The van der Waals surface area contributed by atoms with E-state index < -0.39 is 14.8 Å². The fourth-order valence-corrected chi connectivity index (χ4v) is 5.51. The monoisotopic (exact) mass is 465 g/mol. The maximum Gasteiger partial charge on any atom is 0.272 e. The normalized spacial score (nSPS) is 17.4. The van der Waals surface area contributed by atoms with Crippen LogP contribution >= 0.6 is 11.6 Å². The molecule has 1 fully saturated rings. The molecule has 2 aromatic rings. The number of amides is 2. The van der Waals surface area contributed by atoms with Gasteiger partial charge in [0.1, 0.15) is 10.4 Å². The highest BCUT2D eigenvalue weighted by Gasteiger charge is 2.56. The van der Waals surface area contributed by atoms with Crippen molar-refractivity contribution in [2.24, 2.45) is 7.05 Å². The fourth-order valence-electron chi connectivity index (χ4n) is 3.99. The van der Waals surface area contributed by atoms with Gasteiger partial charge in [0.05, 0.1) is 0 Å². The molecule has 2 heterocycles. The molecule has 1 saturated carbocycles. The van der Waals surface area contributed by atoms with Crippen molar-refractivity contribution in [3.63, 3.8) is 0 Å². The topological polar surface area (TPSA) is 113 Å². The van der Waals surface area contributed by atoms with Crippen LogP contribution in [0.5, 0.6) is 0 Å². The highest BCUT2D eigenvalue weighted by molar-refractivity contribution is 7.91. The van der Waals surface area contributed by atoms with Gasteiger partial charge in [0, 0.05) is 37.3 Å². The molecule has 0 unspecified atom stereocenters. The van der Waals surface area contributed by atoms with Gasteiger partial charge in [0.2, 0.25) is 10.0 Å². The van der Waals surface area contributed by atoms with Crippen molar-refractivity contribution in [2.75, 3.05) is 20.1 Å². The minimum atomic E-state index is -3.48. The van der Waals surface area contributed by atoms with E-state index in [1.807, 2.05) is 12.1 Å². The van der Waals surface area contributed by atoms with Gasteiger partial charge < -0.3 is 10.2 Å². The van der Waals surface area contributed by atoms with Crippen molar-refractivity contribution in [2.45, 2.75) is 30.6 Å². The molecule has 9 nitrogen and oxygen atoms in total. The van der Waals surface area contributed by atoms with E-state index in [2.05, 4.69) is 15.1 Å². The average molecular weight is 466 g/mol. The van der Waals surface area contributed by atoms with Crippen molar-refractivity contribution in [1.29, 1.82) is 0 Å². The van der Waals surface area contributed by atoms with Crippen molar-refractivity contribution in [1.82, 2.24) is 24.7 Å². The molecule has 0 atom stereocenters. The van der Waals surface area contributed by atoms with Crippen LogP contribution in [0.25, 0.3) is 0 Å². The largest absolute Gasteiger partial charge is 0.347 e. The summed E-state index contributed by atoms with van der Waals surface area (Å²) in [5.74, 6) is -0.657. The van der Waals surface area contributed by atoms with Crippen molar-refractivity contribution < 1.29 is 18.0 Å². The molecule has 0 radical (unpaired) electrons. The van der Waals surface area contributed by atoms with Gasteiger partial charge in [-0.1, -0.05) is 23.7 Å². The summed E-state index contributed by atoms with van der Waals surface area (Å²) in [5.41, 5.74) is 2.05. The molecule has 0 bridgehead atoms. The van der Waals surface area contributed by atoms with Crippen LogP contribution < -0.4 is 10.0 Å². The minimum absolute atomic E-state index is 0.137. The Labute approximate surface area is 185 Å². The first-order chi connectivity index (χ1) is 14.7. The molecule has 31 heavy (non-hydrogen) atoms. The SMILES string of the molecule is CNS(=O)(=O)C1(CN2CCc3c(C(=O)NCc4ccc(Cl)cc4)nn(C)c3C2=O)CC1. The summed E-state index contributed by atoms with van der Waals surface area (Å²) < 4.78 is 27.6. The lowest BCUT2D eigenvalue weighted by molar-refractivity contribution is 0.0724. The lowest BCUT2D eigenvalue weighted by atomic mass is 10.0. The molecule has 2 aliphatic rings. The molecular weight excluding hydrogens is 442 g/mol. The number of carbonyl (C=O) groups is 2. The van der Waals surface area contributed by atoms with E-state index in [1.165, 1.54) is 11.7 Å². The number of nitrogens with zero attached hydrogens (tertiary/aromatic N) is 3. The van der Waals surface area contributed by atoms with E-state index in [0.29, 0.717) is 48.6 Å². The Bertz CT molecular complexity index is 1140. The Kier molecular flexibility index (Phi) is 5.57. The van der Waals surface area contributed by atoms with E-state index in [1.54, 1.807) is 24.1 Å². The van der Waals surface area contributed by atoms with E-state index in [4.69, 9.17) is 11.6 Å². The molecule has 2 N–H and O–H groups in total. The number of nitrogens with one attached hydrogen (secondary N) is 2. The van der Waals surface area contributed by atoms with Crippen LogP contribution in [0.3, 0.4) is 0 Å². The highest BCUT2D eigenvalue weighted by Crippen LogP contribution is 2.44. The highest BCUT2D eigenvalue weighted by atomic mass is 35.5. The van der Waals surface area contributed by atoms with Gasteiger partial charge >= 0.3 is 0 Å². The van der Waals surface area contributed by atoms with Gasteiger partial charge in [0.15, 0.2) is 5.69 Å². The molecular formula is C20H24ClN5O4S. The van der Waals surface area contributed by atoms with Gasteiger partial charge in [-0.3, -0.25) is 14.3 Å². The third-order valence-electron chi connectivity index (χ3n) is 5.97. The lowest BCUT2D eigenvalue weighted by Gasteiger charge is -2.30. The second-order valence-electron chi connectivity index (χ2n) is 7.98. The number of benzene rings is 1. The predicted octanol–water partition coefficient (Wildman–Crippen LogP) is 1.08. The summed E-state index contributed by atoms with van der Waals surface area (Å²) in [6.45, 7) is 0.791. The second-order valence-corrected chi connectivity index (χ2v) is 10.7. The molecule has 1 aromatic heterocycles. The number of rotatable bonds is 7. The minimum Gasteiger partial charge on any atom is -0.347 e. The average Bonchev–Trinajstić information content (AvgIpc) is 3.46. The number of aromatic nitrogens is 2. The maximum atomic E-state index is 13.1. The van der Waals surface area contributed by atoms with Gasteiger partial charge in [-0.25, -0.2) is 13.1 Å². The van der Waals surface area contributed by atoms with E-state index in [9.17, 15) is 18.0 Å². The lowest BCUT2D eigenvalue weighted by Crippen LogP contribution is -2.48. The third-order valence-corrected chi connectivity index (χ3v) is 8.44. The zero-order valence-electron chi connectivity index (χ0n) is 17.3. The van der Waals surface area contributed by atoms with Gasteiger partial charge in [0.25, 0.3) is 11.8 Å². The van der Waals surface area contributed by atoms with E-state index >= 15 is 0 Å². The quantitative estimate of drug-likeness (QED) is 0.635. The first kappa shape index (κ1) is 21.8. The first-order valence-electron chi connectivity index (χ1n) is 9.98. The molecule has 0 saturated heterocycles. The van der Waals surface area contributed by atoms with E-state index in [0.717, 1.165) is 5.56 Å². The molecule has 1 aromatic carbocycles. The molecule has 2 amide bonds. The molecule has 1 aliphatic heterocycles. The van der Waals surface area contributed by atoms with Crippen LogP contribution in [0.2, 0.25) is 5.02 Å². The Balaban J connectivity index is 1.50. The van der Waals surface area contributed by atoms with Gasteiger partial charge in [-0.15, -0.1) is 0 Å². The Morgan fingerprint density at radius 3 is 2.55 bits per heavy atom. The molecule has 1 aliphatic carbocycles. The fraction of sp³-hybridized carbons (Fsp3) is 0.450. The van der Waals surface area contributed by atoms with Gasteiger partial charge in [-0.2, -0.15) is 5.10 Å². The predicted molar refractivity (Wildman–Crippen MR) is 115 cm³/mol. The zero-order chi connectivity index (χ0) is 22.4. The summed E-state index contributed by atoms with van der Waals surface area (Å²) in [7, 11) is -0.471. The summed E-state index contributed by atoms with van der Waals surface area (Å²) >= 11 is 5.88. The summed E-state index contributed by atoms with van der Waals surface area (Å²) in [5, 5.41) is 7.73. The number of hydrogen-bond acceptors (Lipinski definition) is 5. The number of fused-ring (bicyclic) bond motifs is 1. The van der Waals surface area contributed by atoms with Crippen LogP contribution in [-0.2, 0) is 30.0 Å². The van der Waals surface area contributed by atoms with Crippen molar-refractivity contribution in [3.8, 4) is 0 Å². The number of sulfonamides is 1.